The van der Waals surface area contributed by atoms with Gasteiger partial charge in [-0.3, -0.25) is 0 Å². The molecular formula is C58H33N3O2S. The van der Waals surface area contributed by atoms with E-state index in [-0.39, 0.29) is 0 Å². The Kier molecular flexibility index (Phi) is 7.49. The van der Waals surface area contributed by atoms with Gasteiger partial charge >= 0.3 is 0 Å². The number of nitrogens with zero attached hydrogens (tertiary/aromatic N) is 3. The fourth-order valence-electron chi connectivity index (χ4n) is 9.93. The minimum absolute atomic E-state index is 0.705. The van der Waals surface area contributed by atoms with Gasteiger partial charge in [0, 0.05) is 59.3 Å². The Morgan fingerprint density at radius 1 is 0.406 bits per heavy atom. The van der Waals surface area contributed by atoms with Crippen molar-refractivity contribution in [2.45, 2.75) is 0 Å². The van der Waals surface area contributed by atoms with Gasteiger partial charge < -0.3 is 13.4 Å². The number of thiophene rings is 1. The quantitative estimate of drug-likeness (QED) is 0.173. The first-order valence-electron chi connectivity index (χ1n) is 21.5. The summed E-state index contributed by atoms with van der Waals surface area (Å²) < 4.78 is 18.1. The van der Waals surface area contributed by atoms with Gasteiger partial charge in [0.2, 0.25) is 0 Å². The van der Waals surface area contributed by atoms with Crippen LogP contribution in [0.15, 0.2) is 209 Å². The third-order valence-electron chi connectivity index (χ3n) is 12.8. The number of hydrogen-bond acceptors (Lipinski definition) is 5. The van der Waals surface area contributed by atoms with Crippen molar-refractivity contribution in [3.8, 4) is 50.6 Å². The van der Waals surface area contributed by atoms with E-state index >= 15 is 0 Å². The molecule has 0 aliphatic rings. The van der Waals surface area contributed by atoms with Crippen molar-refractivity contribution in [2.24, 2.45) is 0 Å². The van der Waals surface area contributed by atoms with Gasteiger partial charge in [-0.1, -0.05) is 146 Å². The summed E-state index contributed by atoms with van der Waals surface area (Å²) >= 11 is 1.75. The van der Waals surface area contributed by atoms with Crippen LogP contribution in [0.25, 0.3) is 137 Å². The number of benzene rings is 9. The van der Waals surface area contributed by atoms with E-state index in [0.717, 1.165) is 126 Å². The second-order valence-electron chi connectivity index (χ2n) is 16.4. The van der Waals surface area contributed by atoms with Crippen LogP contribution in [0, 0.1) is 0 Å². The van der Waals surface area contributed by atoms with Crippen LogP contribution in [0.3, 0.4) is 0 Å². The Morgan fingerprint density at radius 2 is 1.00 bits per heavy atom. The van der Waals surface area contributed by atoms with Gasteiger partial charge in [-0.2, -0.15) is 0 Å². The lowest BCUT2D eigenvalue weighted by molar-refractivity contribution is 0.665. The minimum atomic E-state index is 0.705. The van der Waals surface area contributed by atoms with Gasteiger partial charge in [-0.15, -0.1) is 11.3 Å². The van der Waals surface area contributed by atoms with Crippen molar-refractivity contribution in [1.29, 1.82) is 0 Å². The highest BCUT2D eigenvalue weighted by atomic mass is 32.1. The average Bonchev–Trinajstić information content (AvgIpc) is 4.12. The van der Waals surface area contributed by atoms with Gasteiger partial charge in [0.05, 0.1) is 38.0 Å². The molecule has 0 saturated carbocycles. The van der Waals surface area contributed by atoms with Crippen LogP contribution in [0.5, 0.6) is 0 Å². The van der Waals surface area contributed by atoms with E-state index in [0.29, 0.717) is 5.82 Å². The molecule has 0 amide bonds. The first-order valence-corrected chi connectivity index (χ1v) is 22.3. The molecule has 0 atom stereocenters. The van der Waals surface area contributed by atoms with E-state index in [4.69, 9.17) is 18.8 Å². The van der Waals surface area contributed by atoms with E-state index < -0.39 is 0 Å². The van der Waals surface area contributed by atoms with Crippen LogP contribution in [0.2, 0.25) is 0 Å². The highest BCUT2D eigenvalue weighted by molar-refractivity contribution is 7.26. The maximum Gasteiger partial charge on any atom is 0.160 e. The van der Waals surface area contributed by atoms with Gasteiger partial charge in [-0.05, 0) is 65.7 Å². The summed E-state index contributed by atoms with van der Waals surface area (Å²) in [7, 11) is 0. The van der Waals surface area contributed by atoms with Crippen LogP contribution in [0.4, 0.5) is 0 Å². The molecule has 0 radical (unpaired) electrons. The standard InChI is InChI=1S/C58H33N3O2S/c1-4-16-34(17-5-1)42-30-37(53-57-54(41-24-12-15-27-51(41)64-57)60-58(59-53)36-20-8-3-9-21-36)31-43(35-18-6-2-7-19-35)55(42)61-46-25-13-10-23-40(46)52-47(61)29-28-39-45-33-49-44(32-50(45)63-56(39)52)38-22-11-14-26-48(38)62-49/h1-33H. The minimum Gasteiger partial charge on any atom is -0.456 e. The highest BCUT2D eigenvalue weighted by Gasteiger charge is 2.26. The molecule has 5 aromatic heterocycles. The Morgan fingerprint density at radius 3 is 1.73 bits per heavy atom. The van der Waals surface area contributed by atoms with Crippen LogP contribution >= 0.6 is 11.3 Å². The number of furan rings is 2. The van der Waals surface area contributed by atoms with Gasteiger partial charge in [-0.25, -0.2) is 9.97 Å². The summed E-state index contributed by atoms with van der Waals surface area (Å²) in [5.41, 5.74) is 14.9. The number of hydrogen-bond donors (Lipinski definition) is 0. The molecule has 5 heterocycles. The first kappa shape index (κ1) is 35.3. The Labute approximate surface area is 369 Å². The molecular weight excluding hydrogens is 803 g/mol. The van der Waals surface area contributed by atoms with E-state index in [1.165, 1.54) is 4.70 Å². The third kappa shape index (κ3) is 5.17. The topological polar surface area (TPSA) is 57.0 Å². The molecule has 9 aromatic carbocycles. The van der Waals surface area contributed by atoms with Crippen LogP contribution < -0.4 is 0 Å². The van der Waals surface area contributed by atoms with Crippen molar-refractivity contribution in [1.82, 2.24) is 14.5 Å². The zero-order chi connectivity index (χ0) is 41.9. The summed E-state index contributed by atoms with van der Waals surface area (Å²) in [5.74, 6) is 0.705. The third-order valence-corrected chi connectivity index (χ3v) is 14.0. The van der Waals surface area contributed by atoms with Gasteiger partial charge in [0.25, 0.3) is 0 Å². The van der Waals surface area contributed by atoms with Gasteiger partial charge in [0.1, 0.15) is 22.3 Å². The van der Waals surface area contributed by atoms with Crippen molar-refractivity contribution in [2.75, 3.05) is 0 Å². The summed E-state index contributed by atoms with van der Waals surface area (Å²) in [6.45, 7) is 0. The van der Waals surface area contributed by atoms with Crippen molar-refractivity contribution >= 4 is 97.3 Å². The first-order chi connectivity index (χ1) is 31.7. The van der Waals surface area contributed by atoms with E-state index in [1.54, 1.807) is 11.3 Å². The summed E-state index contributed by atoms with van der Waals surface area (Å²) in [6, 6.07) is 70.8. The Balaban J connectivity index is 1.10. The molecule has 0 N–H and O–H groups in total. The number of aromatic nitrogens is 3. The molecule has 0 fully saturated rings. The van der Waals surface area contributed by atoms with Crippen LogP contribution in [0.1, 0.15) is 0 Å². The zero-order valence-corrected chi connectivity index (χ0v) is 34.9. The van der Waals surface area contributed by atoms with E-state index in [1.807, 2.05) is 18.2 Å². The fourth-order valence-corrected chi connectivity index (χ4v) is 11.1. The summed E-state index contributed by atoms with van der Waals surface area (Å²) in [6.07, 6.45) is 0. The molecule has 0 saturated heterocycles. The highest BCUT2D eigenvalue weighted by Crippen LogP contribution is 2.48. The maximum absolute atomic E-state index is 7.00. The second kappa shape index (κ2) is 13.6. The molecule has 14 rings (SSSR count). The number of para-hydroxylation sites is 2. The molecule has 0 aliphatic heterocycles. The molecule has 64 heavy (non-hydrogen) atoms. The smallest absolute Gasteiger partial charge is 0.160 e. The lowest BCUT2D eigenvalue weighted by Crippen LogP contribution is -2.02. The summed E-state index contributed by atoms with van der Waals surface area (Å²) in [5, 5.41) is 7.55. The Bertz CT molecular complexity index is 4120. The van der Waals surface area contributed by atoms with E-state index in [2.05, 4.69) is 187 Å². The largest absolute Gasteiger partial charge is 0.456 e. The SMILES string of the molecule is c1ccc(-c2nc(-c3cc(-c4ccccc4)c(-n4c5ccccc5c5c6oc7cc8c(cc7c6ccc54)oc4ccccc48)c(-c4ccccc4)c3)c3sc4ccccc4c3n2)cc1. The molecule has 14 aromatic rings. The number of fused-ring (bicyclic) bond motifs is 13. The lowest BCUT2D eigenvalue weighted by atomic mass is 9.91. The van der Waals surface area contributed by atoms with Crippen LogP contribution in [-0.2, 0) is 0 Å². The molecule has 0 unspecified atom stereocenters. The molecule has 298 valence electrons. The summed E-state index contributed by atoms with van der Waals surface area (Å²) in [4.78, 5) is 10.7. The molecule has 0 bridgehead atoms. The fraction of sp³-hybridized carbons (Fsp3) is 0. The maximum atomic E-state index is 7.00. The van der Waals surface area contributed by atoms with E-state index in [9.17, 15) is 0 Å². The zero-order valence-electron chi connectivity index (χ0n) is 34.1. The number of rotatable bonds is 5. The monoisotopic (exact) mass is 835 g/mol. The second-order valence-corrected chi connectivity index (χ2v) is 17.5. The van der Waals surface area contributed by atoms with Crippen molar-refractivity contribution in [3.05, 3.63) is 200 Å². The molecule has 6 heteroatoms. The normalized spacial score (nSPS) is 12.1. The predicted molar refractivity (Wildman–Crippen MR) is 266 cm³/mol. The molecule has 0 spiro atoms. The van der Waals surface area contributed by atoms with Gasteiger partial charge in [0.15, 0.2) is 5.82 Å². The molecule has 5 nitrogen and oxygen atoms in total. The predicted octanol–water partition coefficient (Wildman–Crippen LogP) is 16.4. The molecule has 0 aliphatic carbocycles. The lowest BCUT2D eigenvalue weighted by Gasteiger charge is -2.21. The van der Waals surface area contributed by atoms with Crippen molar-refractivity contribution < 1.29 is 8.83 Å². The van der Waals surface area contributed by atoms with Crippen LogP contribution in [-0.4, -0.2) is 14.5 Å². The average molecular weight is 836 g/mol. The Hall–Kier alpha value is -8.32. The van der Waals surface area contributed by atoms with Crippen molar-refractivity contribution in [3.63, 3.8) is 0 Å².